The highest BCUT2D eigenvalue weighted by Gasteiger charge is 2.38. The third kappa shape index (κ3) is 5.04. The molecule has 1 aliphatic heterocycles. The van der Waals surface area contributed by atoms with E-state index in [2.05, 4.69) is 0 Å². The van der Waals surface area contributed by atoms with Gasteiger partial charge < -0.3 is 10.0 Å². The Morgan fingerprint density at radius 1 is 1.35 bits per heavy atom. The first-order chi connectivity index (χ1) is 10.8. The smallest absolute Gasteiger partial charge is 0.326 e. The molecule has 1 heterocycles. The third-order valence-electron chi connectivity index (χ3n) is 3.92. The number of carboxylic acid groups (broad SMARTS) is 1. The molecule has 1 fully saturated rings. The molecule has 1 saturated heterocycles. The number of aryl methyl sites for hydroxylation is 1. The van der Waals surface area contributed by atoms with Gasteiger partial charge in [-0.25, -0.2) is 18.4 Å². The van der Waals surface area contributed by atoms with E-state index in [-0.39, 0.29) is 31.0 Å². The molecule has 0 aliphatic carbocycles. The van der Waals surface area contributed by atoms with Crippen LogP contribution in [-0.2, 0) is 26.0 Å². The van der Waals surface area contributed by atoms with E-state index in [0.717, 1.165) is 5.56 Å². The Balaban J connectivity index is 2.03. The first-order valence-corrected chi connectivity index (χ1v) is 9.04. The fourth-order valence-corrected chi connectivity index (χ4v) is 3.79. The summed E-state index contributed by atoms with van der Waals surface area (Å²) in [5.41, 5.74) is 0.992. The number of amides is 1. The predicted molar refractivity (Wildman–Crippen MR) is 84.0 cm³/mol. The molecule has 23 heavy (non-hydrogen) atoms. The predicted octanol–water partition coefficient (Wildman–Crippen LogP) is 0.209. The van der Waals surface area contributed by atoms with Crippen molar-refractivity contribution in [3.05, 3.63) is 35.9 Å². The highest BCUT2D eigenvalue weighted by Crippen LogP contribution is 2.23. The van der Waals surface area contributed by atoms with Crippen molar-refractivity contribution in [3.63, 3.8) is 0 Å². The normalized spacial score (nSPS) is 19.8. The zero-order chi connectivity index (χ0) is 17.0. The standard InChI is InChI=1S/C15H20N2O5S/c16-23(21,22)10-12-8-14(18)17(9-12)13(15(19)20)7-6-11-4-2-1-3-5-11/h1-5,12-13H,6-10H2,(H,19,20)(H2,16,21,22). The van der Waals surface area contributed by atoms with Crippen LogP contribution in [0.2, 0.25) is 0 Å². The van der Waals surface area contributed by atoms with Crippen LogP contribution in [0, 0.1) is 5.92 Å². The van der Waals surface area contributed by atoms with Crippen molar-refractivity contribution in [2.75, 3.05) is 12.3 Å². The van der Waals surface area contributed by atoms with Gasteiger partial charge in [0.1, 0.15) is 6.04 Å². The Bertz CT molecular complexity index is 674. The average molecular weight is 340 g/mol. The molecule has 1 amide bonds. The molecule has 8 heteroatoms. The van der Waals surface area contributed by atoms with Crippen LogP contribution in [0.5, 0.6) is 0 Å². The van der Waals surface area contributed by atoms with Gasteiger partial charge in [-0.15, -0.1) is 0 Å². The number of sulfonamides is 1. The summed E-state index contributed by atoms with van der Waals surface area (Å²) in [6.45, 7) is 0.112. The quantitative estimate of drug-likeness (QED) is 0.735. The van der Waals surface area contributed by atoms with Gasteiger partial charge in [-0.05, 0) is 18.4 Å². The maximum absolute atomic E-state index is 12.1. The third-order valence-corrected chi connectivity index (χ3v) is 4.85. The van der Waals surface area contributed by atoms with E-state index >= 15 is 0 Å². The van der Waals surface area contributed by atoms with Crippen molar-refractivity contribution >= 4 is 21.9 Å². The van der Waals surface area contributed by atoms with E-state index in [9.17, 15) is 23.1 Å². The number of primary sulfonamides is 1. The molecule has 2 atom stereocenters. The Labute approximate surface area is 135 Å². The minimum absolute atomic E-state index is 0.0194. The molecule has 1 aliphatic rings. The van der Waals surface area contributed by atoms with E-state index in [0.29, 0.717) is 6.42 Å². The first kappa shape index (κ1) is 17.4. The lowest BCUT2D eigenvalue weighted by atomic mass is 10.0. The van der Waals surface area contributed by atoms with Crippen LogP contribution < -0.4 is 5.14 Å². The Hall–Kier alpha value is -1.93. The molecule has 0 spiro atoms. The Morgan fingerprint density at radius 2 is 2.00 bits per heavy atom. The van der Waals surface area contributed by atoms with Crippen LogP contribution in [-0.4, -0.2) is 48.6 Å². The number of hydrogen-bond donors (Lipinski definition) is 2. The number of likely N-dealkylation sites (tertiary alicyclic amines) is 1. The molecule has 0 aromatic heterocycles. The van der Waals surface area contributed by atoms with E-state index in [4.69, 9.17) is 5.14 Å². The monoisotopic (exact) mass is 340 g/mol. The minimum atomic E-state index is -3.68. The van der Waals surface area contributed by atoms with Gasteiger partial charge in [0.2, 0.25) is 15.9 Å². The number of benzene rings is 1. The SMILES string of the molecule is NS(=O)(=O)CC1CC(=O)N(C(CCc2ccccc2)C(=O)O)C1. The van der Waals surface area contributed by atoms with Gasteiger partial charge in [-0.2, -0.15) is 0 Å². The molecule has 0 saturated carbocycles. The lowest BCUT2D eigenvalue weighted by Crippen LogP contribution is -2.42. The lowest BCUT2D eigenvalue weighted by Gasteiger charge is -2.24. The van der Waals surface area contributed by atoms with Crippen LogP contribution in [0.1, 0.15) is 18.4 Å². The molecule has 2 rings (SSSR count). The zero-order valence-corrected chi connectivity index (χ0v) is 13.4. The van der Waals surface area contributed by atoms with Crippen molar-refractivity contribution in [1.29, 1.82) is 0 Å². The molecule has 126 valence electrons. The molecule has 3 N–H and O–H groups in total. The van der Waals surface area contributed by atoms with E-state index in [1.165, 1.54) is 4.90 Å². The Morgan fingerprint density at radius 3 is 2.57 bits per heavy atom. The van der Waals surface area contributed by atoms with Crippen LogP contribution in [0.25, 0.3) is 0 Å². The number of hydrogen-bond acceptors (Lipinski definition) is 4. The second-order valence-electron chi connectivity index (χ2n) is 5.82. The molecule has 1 aromatic rings. The van der Waals surface area contributed by atoms with Gasteiger partial charge in [0.25, 0.3) is 0 Å². The summed E-state index contributed by atoms with van der Waals surface area (Å²) >= 11 is 0. The maximum atomic E-state index is 12.1. The van der Waals surface area contributed by atoms with Gasteiger partial charge >= 0.3 is 5.97 Å². The van der Waals surface area contributed by atoms with Crippen molar-refractivity contribution in [2.24, 2.45) is 11.1 Å². The summed E-state index contributed by atoms with van der Waals surface area (Å²) in [5, 5.41) is 14.4. The highest BCUT2D eigenvalue weighted by atomic mass is 32.2. The van der Waals surface area contributed by atoms with E-state index < -0.39 is 28.0 Å². The minimum Gasteiger partial charge on any atom is -0.480 e. The van der Waals surface area contributed by atoms with Gasteiger partial charge in [-0.1, -0.05) is 30.3 Å². The number of carbonyl (C=O) groups excluding carboxylic acids is 1. The summed E-state index contributed by atoms with van der Waals surface area (Å²) in [4.78, 5) is 24.8. The average Bonchev–Trinajstić information content (AvgIpc) is 2.78. The van der Waals surface area contributed by atoms with Gasteiger partial charge in [0.15, 0.2) is 0 Å². The topological polar surface area (TPSA) is 118 Å². The number of carbonyl (C=O) groups is 2. The number of rotatable bonds is 7. The number of nitrogens with zero attached hydrogens (tertiary/aromatic N) is 1. The van der Waals surface area contributed by atoms with Crippen molar-refractivity contribution in [1.82, 2.24) is 4.90 Å². The van der Waals surface area contributed by atoms with Crippen LogP contribution in [0.15, 0.2) is 30.3 Å². The fraction of sp³-hybridized carbons (Fsp3) is 0.467. The fourth-order valence-electron chi connectivity index (χ4n) is 2.91. The number of nitrogens with two attached hydrogens (primary N) is 1. The van der Waals surface area contributed by atoms with Gasteiger partial charge in [0.05, 0.1) is 5.75 Å². The molecule has 7 nitrogen and oxygen atoms in total. The van der Waals surface area contributed by atoms with Crippen molar-refractivity contribution < 1.29 is 23.1 Å². The second kappa shape index (κ2) is 7.10. The number of aliphatic carboxylic acids is 1. The lowest BCUT2D eigenvalue weighted by molar-refractivity contribution is -0.148. The first-order valence-electron chi connectivity index (χ1n) is 7.33. The maximum Gasteiger partial charge on any atom is 0.326 e. The molecular weight excluding hydrogens is 320 g/mol. The van der Waals surface area contributed by atoms with Crippen molar-refractivity contribution in [2.45, 2.75) is 25.3 Å². The zero-order valence-electron chi connectivity index (χ0n) is 12.6. The number of carboxylic acids is 1. The molecular formula is C15H20N2O5S. The van der Waals surface area contributed by atoms with E-state index in [1.54, 1.807) is 0 Å². The summed E-state index contributed by atoms with van der Waals surface area (Å²) in [6, 6.07) is 8.46. The van der Waals surface area contributed by atoms with Gasteiger partial charge in [0, 0.05) is 18.9 Å². The highest BCUT2D eigenvalue weighted by molar-refractivity contribution is 7.89. The summed E-state index contributed by atoms with van der Waals surface area (Å²) in [7, 11) is -3.68. The van der Waals surface area contributed by atoms with Crippen LogP contribution in [0.3, 0.4) is 0 Å². The van der Waals surface area contributed by atoms with E-state index in [1.807, 2.05) is 30.3 Å². The molecule has 0 bridgehead atoms. The van der Waals surface area contributed by atoms with Gasteiger partial charge in [-0.3, -0.25) is 4.79 Å². The summed E-state index contributed by atoms with van der Waals surface area (Å²) in [6.07, 6.45) is 0.834. The van der Waals surface area contributed by atoms with Crippen LogP contribution in [0.4, 0.5) is 0 Å². The van der Waals surface area contributed by atoms with Crippen LogP contribution >= 0.6 is 0 Å². The molecule has 2 unspecified atom stereocenters. The summed E-state index contributed by atoms with van der Waals surface area (Å²) in [5.74, 6) is -2.17. The van der Waals surface area contributed by atoms with Crippen molar-refractivity contribution in [3.8, 4) is 0 Å². The second-order valence-corrected chi connectivity index (χ2v) is 7.48. The molecule has 1 aromatic carbocycles. The summed E-state index contributed by atoms with van der Waals surface area (Å²) < 4.78 is 22.3. The molecule has 0 radical (unpaired) electrons. The Kier molecular flexibility index (Phi) is 5.38. The largest absolute Gasteiger partial charge is 0.480 e.